The molecule has 0 aliphatic carbocycles. The standard InChI is InChI=1S/C36H42N2O2.2C2H4O2.Co/c1-23-15-25(19-35(3,4)5)17-28(33(23)39)21-37-30-13-9-11-27-12-10-14-31(32(27)30)38-22-29-18-26(20-36(6,7)8)16-24(2)34(29)40;2*1-2(3)4;/h9-18,21-22,39-40H,19-20H2,1-8H3;2*1H3,(H,3,4);/q;;;+2/p-2. The van der Waals surface area contributed by atoms with Crippen LogP contribution in [0.4, 0.5) is 11.4 Å². The minimum absolute atomic E-state index is 0. The Balaban J connectivity index is 0.00000120. The van der Waals surface area contributed by atoms with Gasteiger partial charge in [-0.25, -0.2) is 0 Å². The summed E-state index contributed by atoms with van der Waals surface area (Å²) in [6.07, 6.45) is 5.31. The first-order chi connectivity index (χ1) is 22.2. The topological polar surface area (TPSA) is 145 Å². The van der Waals surface area contributed by atoms with Crippen LogP contribution in [-0.4, -0.2) is 34.6 Å². The molecule has 2 N–H and O–H groups in total. The van der Waals surface area contributed by atoms with Gasteiger partial charge >= 0.3 is 16.8 Å². The van der Waals surface area contributed by atoms with Crippen molar-refractivity contribution in [2.24, 2.45) is 20.8 Å². The predicted octanol–water partition coefficient (Wildman–Crippen LogP) is 7.06. The third-order valence-electron chi connectivity index (χ3n) is 6.79. The van der Waals surface area contributed by atoms with E-state index in [1.54, 1.807) is 12.4 Å². The number of fused-ring (bicyclic) bond motifs is 1. The smallest absolute Gasteiger partial charge is 0.550 e. The van der Waals surface area contributed by atoms with Crippen LogP contribution in [0.25, 0.3) is 10.8 Å². The van der Waals surface area contributed by atoms with Gasteiger partial charge in [0, 0.05) is 40.9 Å². The zero-order valence-corrected chi connectivity index (χ0v) is 31.1. The van der Waals surface area contributed by atoms with E-state index in [1.807, 2.05) is 62.4 Å². The molecule has 1 radical (unpaired) electrons. The van der Waals surface area contributed by atoms with Crippen molar-refractivity contribution in [3.8, 4) is 11.5 Å². The Morgan fingerprint density at radius 2 is 1.00 bits per heavy atom. The van der Waals surface area contributed by atoms with E-state index in [9.17, 15) is 10.2 Å². The normalized spacial score (nSPS) is 11.4. The second kappa shape index (κ2) is 18.3. The van der Waals surface area contributed by atoms with Gasteiger partial charge in [-0.3, -0.25) is 9.98 Å². The number of hydrogen-bond acceptors (Lipinski definition) is 8. The number of phenolic OH excluding ortho intramolecular Hbond substituents is 2. The maximum atomic E-state index is 10.8. The molecule has 8 nitrogen and oxygen atoms in total. The molecule has 0 unspecified atom stereocenters. The number of phenols is 2. The van der Waals surface area contributed by atoms with Gasteiger partial charge in [0.1, 0.15) is 11.5 Å². The SMILES string of the molecule is CC(=O)[O-].CC(=O)[O-].Cc1cc(CC(C)(C)C)cc(C=Nc2cccc3cccc(N=Cc4cc(CC(C)(C)C)cc(C)c4O)c23)c1O.[Co+2]. The van der Waals surface area contributed by atoms with Crippen LogP contribution >= 0.6 is 0 Å². The molecule has 4 aromatic carbocycles. The Hall–Kier alpha value is -4.47. The molecule has 0 atom stereocenters. The number of carboxylic acids is 2. The first kappa shape index (κ1) is 42.5. The minimum atomic E-state index is -1.08. The van der Waals surface area contributed by atoms with Gasteiger partial charge in [-0.2, -0.15) is 0 Å². The summed E-state index contributed by atoms with van der Waals surface area (Å²) in [6.45, 7) is 19.1. The van der Waals surface area contributed by atoms with Crippen molar-refractivity contribution in [3.05, 3.63) is 94.0 Å². The van der Waals surface area contributed by atoms with Crippen LogP contribution in [0.3, 0.4) is 0 Å². The fourth-order valence-electron chi connectivity index (χ4n) is 5.19. The molecule has 4 aromatic rings. The number of hydrogen-bond donors (Lipinski definition) is 2. The molecule has 0 amide bonds. The number of carboxylic acid groups (broad SMARTS) is 2. The average molecular weight is 712 g/mol. The molecular weight excluding hydrogens is 663 g/mol. The fraction of sp³-hybridized carbons (Fsp3) is 0.350. The Morgan fingerprint density at radius 3 is 1.31 bits per heavy atom. The van der Waals surface area contributed by atoms with E-state index in [2.05, 4.69) is 53.7 Å². The Kier molecular flexibility index (Phi) is 15.9. The second-order valence-electron chi connectivity index (χ2n) is 14.3. The van der Waals surface area contributed by atoms with Gasteiger partial charge in [0.15, 0.2) is 0 Å². The largest absolute Gasteiger partial charge is 2.00 e. The summed E-state index contributed by atoms with van der Waals surface area (Å²) in [4.78, 5) is 27.5. The number of nitrogens with zero attached hydrogens (tertiary/aromatic N) is 2. The van der Waals surface area contributed by atoms with E-state index in [0.717, 1.165) is 60.0 Å². The molecule has 0 aliphatic heterocycles. The van der Waals surface area contributed by atoms with Crippen LogP contribution in [0.1, 0.15) is 88.8 Å². The maximum Gasteiger partial charge on any atom is 2.00 e. The van der Waals surface area contributed by atoms with Crippen molar-refractivity contribution >= 4 is 46.5 Å². The van der Waals surface area contributed by atoms with E-state index in [4.69, 9.17) is 29.8 Å². The zero-order chi connectivity index (χ0) is 36.4. The second-order valence-corrected chi connectivity index (χ2v) is 14.3. The number of aromatic hydroxyl groups is 2. The molecular formula is C40H48CoN2O6. The molecule has 0 heterocycles. The average Bonchev–Trinajstić information content (AvgIpc) is 2.92. The van der Waals surface area contributed by atoms with Crippen molar-refractivity contribution in [2.75, 3.05) is 0 Å². The van der Waals surface area contributed by atoms with Gasteiger partial charge in [-0.15, -0.1) is 0 Å². The molecule has 0 saturated carbocycles. The maximum absolute atomic E-state index is 10.8. The summed E-state index contributed by atoms with van der Waals surface area (Å²) < 4.78 is 0. The molecule has 0 spiro atoms. The molecule has 0 fully saturated rings. The van der Waals surface area contributed by atoms with Crippen LogP contribution in [0.15, 0.2) is 70.6 Å². The number of aliphatic carboxylic acids is 2. The molecule has 0 saturated heterocycles. The molecule has 0 aromatic heterocycles. The van der Waals surface area contributed by atoms with E-state index < -0.39 is 11.9 Å². The summed E-state index contributed by atoms with van der Waals surface area (Å²) in [5.74, 6) is -1.67. The third-order valence-corrected chi connectivity index (χ3v) is 6.79. The van der Waals surface area contributed by atoms with E-state index in [0.29, 0.717) is 11.1 Å². The Labute approximate surface area is 300 Å². The van der Waals surface area contributed by atoms with Gasteiger partial charge in [-0.05, 0) is 103 Å². The number of aryl methyl sites for hydroxylation is 2. The summed E-state index contributed by atoms with van der Waals surface area (Å²) in [7, 11) is 0. The summed E-state index contributed by atoms with van der Waals surface area (Å²) in [5, 5.41) is 41.3. The molecule has 4 rings (SSSR count). The quantitative estimate of drug-likeness (QED) is 0.205. The van der Waals surface area contributed by atoms with Crippen molar-refractivity contribution in [1.82, 2.24) is 0 Å². The van der Waals surface area contributed by atoms with Crippen LogP contribution < -0.4 is 10.2 Å². The number of benzene rings is 4. The fourth-order valence-corrected chi connectivity index (χ4v) is 5.19. The van der Waals surface area contributed by atoms with Crippen molar-refractivity contribution in [3.63, 3.8) is 0 Å². The van der Waals surface area contributed by atoms with Crippen LogP contribution in [0.2, 0.25) is 0 Å². The van der Waals surface area contributed by atoms with Gasteiger partial charge in [0.2, 0.25) is 0 Å². The molecule has 263 valence electrons. The van der Waals surface area contributed by atoms with Gasteiger partial charge in [0.05, 0.1) is 11.4 Å². The summed E-state index contributed by atoms with van der Waals surface area (Å²) in [5.41, 5.74) is 7.26. The van der Waals surface area contributed by atoms with E-state index in [1.165, 1.54) is 11.1 Å². The third kappa shape index (κ3) is 14.7. The van der Waals surface area contributed by atoms with E-state index >= 15 is 0 Å². The molecule has 49 heavy (non-hydrogen) atoms. The monoisotopic (exact) mass is 711 g/mol. The molecule has 0 aliphatic rings. The van der Waals surface area contributed by atoms with Crippen LogP contribution in [0, 0.1) is 24.7 Å². The minimum Gasteiger partial charge on any atom is -0.550 e. The first-order valence-electron chi connectivity index (χ1n) is 15.8. The van der Waals surface area contributed by atoms with Gasteiger partial charge in [-0.1, -0.05) is 77.9 Å². The van der Waals surface area contributed by atoms with Crippen molar-refractivity contribution in [2.45, 2.75) is 82.1 Å². The van der Waals surface area contributed by atoms with Gasteiger partial charge in [0.25, 0.3) is 0 Å². The number of carbonyl (C=O) groups is 2. The van der Waals surface area contributed by atoms with E-state index in [-0.39, 0.29) is 39.1 Å². The molecule has 0 bridgehead atoms. The van der Waals surface area contributed by atoms with Gasteiger partial charge < -0.3 is 30.0 Å². The number of carbonyl (C=O) groups excluding carboxylic acids is 2. The number of rotatable bonds is 6. The van der Waals surface area contributed by atoms with Crippen LogP contribution in [-0.2, 0) is 39.2 Å². The number of aliphatic imine (C=N–C) groups is 2. The summed E-state index contributed by atoms with van der Waals surface area (Å²) in [6, 6.07) is 20.1. The Bertz CT molecular complexity index is 1680. The Morgan fingerprint density at radius 1 is 0.673 bits per heavy atom. The van der Waals surface area contributed by atoms with Crippen LogP contribution in [0.5, 0.6) is 11.5 Å². The zero-order valence-electron chi connectivity index (χ0n) is 30.1. The van der Waals surface area contributed by atoms with Crippen molar-refractivity contribution in [1.29, 1.82) is 0 Å². The predicted molar refractivity (Wildman–Crippen MR) is 192 cm³/mol. The van der Waals surface area contributed by atoms with Crippen molar-refractivity contribution < 1.29 is 46.8 Å². The summed E-state index contributed by atoms with van der Waals surface area (Å²) >= 11 is 0. The molecule has 9 heteroatoms. The first-order valence-corrected chi connectivity index (χ1v) is 15.8.